The maximum Gasteiger partial charge on any atom is 0.244 e. The van der Waals surface area contributed by atoms with Crippen LogP contribution in [-0.2, 0) is 27.4 Å². The Balaban J connectivity index is 1.46. The quantitative estimate of drug-likeness (QED) is 0.357. The van der Waals surface area contributed by atoms with Gasteiger partial charge in [-0.2, -0.15) is 0 Å². The second-order valence-electron chi connectivity index (χ2n) is 10.8. The molecule has 0 radical (unpaired) electrons. The van der Waals surface area contributed by atoms with Crippen LogP contribution in [0.5, 0.6) is 5.75 Å². The van der Waals surface area contributed by atoms with E-state index in [-0.39, 0.29) is 18.3 Å². The zero-order chi connectivity index (χ0) is 27.4. The number of carbonyl (C=O) groups is 3. The van der Waals surface area contributed by atoms with Crippen LogP contribution >= 0.6 is 0 Å². The summed E-state index contributed by atoms with van der Waals surface area (Å²) in [5.74, 6) is -1.91. The number of hydrogen-bond acceptors (Lipinski definition) is 4. The normalized spacial score (nSPS) is 19.1. The van der Waals surface area contributed by atoms with Crippen LogP contribution in [0.25, 0.3) is 0 Å². The maximum atomic E-state index is 13.5. The highest BCUT2D eigenvalue weighted by Crippen LogP contribution is 2.34. The van der Waals surface area contributed by atoms with E-state index in [2.05, 4.69) is 38.3 Å². The highest BCUT2D eigenvalue weighted by molar-refractivity contribution is 6.27. The molecule has 1 aliphatic heterocycles. The van der Waals surface area contributed by atoms with Gasteiger partial charge >= 0.3 is 0 Å². The van der Waals surface area contributed by atoms with Crippen LogP contribution in [0.1, 0.15) is 68.7 Å². The van der Waals surface area contributed by atoms with Crippen molar-refractivity contribution in [1.29, 1.82) is 0 Å². The van der Waals surface area contributed by atoms with Crippen LogP contribution in [0, 0.1) is 5.92 Å². The molecule has 3 aromatic rings. The molecule has 0 saturated carbocycles. The largest absolute Gasteiger partial charge is 0.489 e. The highest BCUT2D eigenvalue weighted by Gasteiger charge is 2.52. The molecule has 2 amide bonds. The van der Waals surface area contributed by atoms with Crippen molar-refractivity contribution < 1.29 is 19.1 Å². The summed E-state index contributed by atoms with van der Waals surface area (Å²) in [4.78, 5) is 39.7. The first-order valence-electron chi connectivity index (χ1n) is 13.1. The second kappa shape index (κ2) is 11.2. The average molecular weight is 513 g/mol. The molecule has 4 rings (SSSR count). The minimum atomic E-state index is -1.39. The zero-order valence-electron chi connectivity index (χ0n) is 22.7. The van der Waals surface area contributed by atoms with Crippen LogP contribution in [0.3, 0.4) is 0 Å². The molecule has 1 saturated heterocycles. The minimum Gasteiger partial charge on any atom is -0.489 e. The van der Waals surface area contributed by atoms with Gasteiger partial charge in [0.25, 0.3) is 0 Å². The lowest BCUT2D eigenvalue weighted by atomic mass is 9.86. The Bertz CT molecular complexity index is 1290. The van der Waals surface area contributed by atoms with Gasteiger partial charge in [0.05, 0.1) is 0 Å². The number of anilines is 1. The summed E-state index contributed by atoms with van der Waals surface area (Å²) < 4.78 is 5.85. The van der Waals surface area contributed by atoms with E-state index < -0.39 is 29.1 Å². The number of carbonyl (C=O) groups excluding carboxylic acids is 3. The second-order valence-corrected chi connectivity index (χ2v) is 10.8. The third-order valence-electron chi connectivity index (χ3n) is 7.08. The van der Waals surface area contributed by atoms with Crippen molar-refractivity contribution in [2.24, 2.45) is 5.92 Å². The van der Waals surface area contributed by atoms with E-state index in [0.717, 1.165) is 22.3 Å². The Morgan fingerprint density at radius 3 is 2.05 bits per heavy atom. The number of ketones is 1. The molecular weight excluding hydrogens is 476 g/mol. The Kier molecular flexibility index (Phi) is 8.00. The molecule has 1 heterocycles. The molecular formula is C32H36N2O4. The third-order valence-corrected chi connectivity index (χ3v) is 7.08. The van der Waals surface area contributed by atoms with E-state index in [0.29, 0.717) is 18.0 Å². The number of Topliss-reactive ketones (excluding diaryl/α,β-unsaturated/α-hetero) is 1. The average Bonchev–Trinajstić information content (AvgIpc) is 3.11. The molecule has 0 spiro atoms. The van der Waals surface area contributed by atoms with Crippen molar-refractivity contribution in [2.45, 2.75) is 65.0 Å². The van der Waals surface area contributed by atoms with E-state index in [4.69, 9.17) is 4.74 Å². The van der Waals surface area contributed by atoms with E-state index in [1.807, 2.05) is 72.8 Å². The monoisotopic (exact) mass is 512 g/mol. The SMILES string of the molecule is CC(C)c1cccc(C(C)C)c1NC(=O)C1C(=O)NC(C)(Cc2ccc(OCc3ccccc3)cc2)C1=O. The van der Waals surface area contributed by atoms with Crippen molar-refractivity contribution in [1.82, 2.24) is 5.32 Å². The van der Waals surface area contributed by atoms with E-state index in [1.165, 1.54) is 0 Å². The summed E-state index contributed by atoms with van der Waals surface area (Å²) in [7, 11) is 0. The van der Waals surface area contributed by atoms with Gasteiger partial charge in [0.15, 0.2) is 11.7 Å². The number of benzene rings is 3. The van der Waals surface area contributed by atoms with Gasteiger partial charge in [-0.05, 0) is 53.1 Å². The molecule has 0 aromatic heterocycles. The molecule has 198 valence electrons. The number of para-hydroxylation sites is 1. The van der Waals surface area contributed by atoms with E-state index >= 15 is 0 Å². The van der Waals surface area contributed by atoms with Gasteiger partial charge in [-0.3, -0.25) is 14.4 Å². The maximum absolute atomic E-state index is 13.5. The van der Waals surface area contributed by atoms with Crippen LogP contribution < -0.4 is 15.4 Å². The number of nitrogens with one attached hydrogen (secondary N) is 2. The lowest BCUT2D eigenvalue weighted by molar-refractivity contribution is -0.135. The molecule has 2 unspecified atom stereocenters. The number of hydrogen-bond donors (Lipinski definition) is 2. The van der Waals surface area contributed by atoms with Gasteiger partial charge in [-0.15, -0.1) is 0 Å². The number of ether oxygens (including phenoxy) is 1. The molecule has 38 heavy (non-hydrogen) atoms. The Hall–Kier alpha value is -3.93. The highest BCUT2D eigenvalue weighted by atomic mass is 16.5. The molecule has 3 aromatic carbocycles. The predicted octanol–water partition coefficient (Wildman–Crippen LogP) is 5.77. The lowest BCUT2D eigenvalue weighted by Gasteiger charge is -2.23. The molecule has 1 aliphatic rings. The Morgan fingerprint density at radius 2 is 1.47 bits per heavy atom. The molecule has 1 fully saturated rings. The fourth-order valence-corrected chi connectivity index (χ4v) is 4.96. The molecule has 2 N–H and O–H groups in total. The van der Waals surface area contributed by atoms with E-state index in [1.54, 1.807) is 6.92 Å². The number of rotatable bonds is 9. The first-order valence-corrected chi connectivity index (χ1v) is 13.1. The van der Waals surface area contributed by atoms with Gasteiger partial charge in [-0.25, -0.2) is 0 Å². The number of amides is 2. The Morgan fingerprint density at radius 1 is 0.868 bits per heavy atom. The van der Waals surface area contributed by atoms with Crippen molar-refractivity contribution >= 4 is 23.3 Å². The molecule has 0 bridgehead atoms. The molecule has 2 atom stereocenters. The summed E-state index contributed by atoms with van der Waals surface area (Å²) >= 11 is 0. The van der Waals surface area contributed by atoms with Crippen LogP contribution in [0.4, 0.5) is 5.69 Å². The lowest BCUT2D eigenvalue weighted by Crippen LogP contribution is -2.45. The summed E-state index contributed by atoms with van der Waals surface area (Å²) in [6, 6.07) is 23.3. The fraction of sp³-hybridized carbons (Fsp3) is 0.344. The van der Waals surface area contributed by atoms with Gasteiger partial charge in [0.2, 0.25) is 11.8 Å². The molecule has 6 nitrogen and oxygen atoms in total. The minimum absolute atomic E-state index is 0.169. The summed E-state index contributed by atoms with van der Waals surface area (Å²) in [6.45, 7) is 10.4. The molecule has 6 heteroatoms. The summed E-state index contributed by atoms with van der Waals surface area (Å²) in [5, 5.41) is 5.74. The van der Waals surface area contributed by atoms with E-state index in [9.17, 15) is 14.4 Å². The third kappa shape index (κ3) is 5.80. The molecule has 0 aliphatic carbocycles. The van der Waals surface area contributed by atoms with Gasteiger partial charge in [0.1, 0.15) is 17.9 Å². The van der Waals surface area contributed by atoms with Crippen molar-refractivity contribution in [3.8, 4) is 5.75 Å². The zero-order valence-corrected chi connectivity index (χ0v) is 22.7. The summed E-state index contributed by atoms with van der Waals surface area (Å²) in [6.07, 6.45) is 0.278. The first kappa shape index (κ1) is 27.1. The van der Waals surface area contributed by atoms with Gasteiger partial charge in [0, 0.05) is 12.1 Å². The topological polar surface area (TPSA) is 84.5 Å². The van der Waals surface area contributed by atoms with Crippen LogP contribution in [0.15, 0.2) is 72.8 Å². The van der Waals surface area contributed by atoms with Crippen molar-refractivity contribution in [3.63, 3.8) is 0 Å². The fourth-order valence-electron chi connectivity index (χ4n) is 4.96. The van der Waals surface area contributed by atoms with Crippen molar-refractivity contribution in [2.75, 3.05) is 5.32 Å². The predicted molar refractivity (Wildman–Crippen MR) is 149 cm³/mol. The van der Waals surface area contributed by atoms with Crippen LogP contribution in [0.2, 0.25) is 0 Å². The Labute approximate surface area is 224 Å². The van der Waals surface area contributed by atoms with Crippen LogP contribution in [-0.4, -0.2) is 23.1 Å². The van der Waals surface area contributed by atoms with Crippen molar-refractivity contribution in [3.05, 3.63) is 95.1 Å². The summed E-state index contributed by atoms with van der Waals surface area (Å²) in [5.41, 5.74) is 3.42. The smallest absolute Gasteiger partial charge is 0.244 e. The standard InChI is InChI=1S/C32H36N2O4/c1-20(2)25-12-9-13-26(21(3)4)28(25)33-30(36)27-29(35)32(5,34-31(27)37)18-22-14-16-24(17-15-22)38-19-23-10-7-6-8-11-23/h6-17,20-21,27H,18-19H2,1-5H3,(H,33,36)(H,34,37). The first-order chi connectivity index (χ1) is 18.1. The van der Waals surface area contributed by atoms with Gasteiger partial charge < -0.3 is 15.4 Å². The van der Waals surface area contributed by atoms with Gasteiger partial charge in [-0.1, -0.05) is 88.4 Å².